The number of aromatic nitrogens is 1. The van der Waals surface area contributed by atoms with Crippen molar-refractivity contribution >= 4 is 17.3 Å². The quantitative estimate of drug-likeness (QED) is 0.342. The van der Waals surface area contributed by atoms with Crippen LogP contribution in [0.25, 0.3) is 0 Å². The maximum Gasteiger partial charge on any atom is 0.191 e. The Morgan fingerprint density at radius 2 is 2.03 bits per heavy atom. The highest BCUT2D eigenvalue weighted by atomic mass is 32.1. The second-order valence-electron chi connectivity index (χ2n) is 7.72. The lowest BCUT2D eigenvalue weighted by Crippen LogP contribution is -2.43. The molecule has 0 aliphatic carbocycles. The van der Waals surface area contributed by atoms with Gasteiger partial charge in [0, 0.05) is 36.8 Å². The number of rotatable bonds is 10. The summed E-state index contributed by atoms with van der Waals surface area (Å²) in [7, 11) is 3.59. The molecule has 1 aliphatic rings. The zero-order chi connectivity index (χ0) is 21.2. The van der Waals surface area contributed by atoms with Crippen molar-refractivity contribution in [3.05, 3.63) is 45.9 Å². The topological polar surface area (TPSA) is 61.8 Å². The molecule has 2 heterocycles. The Bertz CT molecular complexity index is 800. The molecule has 1 unspecified atom stereocenters. The molecule has 0 saturated carbocycles. The number of aryl methyl sites for hydroxylation is 2. The fourth-order valence-corrected chi connectivity index (χ4v) is 4.79. The van der Waals surface area contributed by atoms with E-state index in [1.54, 1.807) is 18.4 Å². The third kappa shape index (κ3) is 6.44. The fraction of sp³-hybridized carbons (Fsp3) is 0.565. The standard InChI is InChI=1S/C23H35N5OS/c1-18-17-30-22(27-18)12-6-7-13-25-23(24-2)26-16-20(28-14-8-9-15-28)19-10-4-5-11-21(19)29-3/h4-5,10-11,17,20H,6-9,12-16H2,1-3H3,(H2,24,25,26). The van der Waals surface area contributed by atoms with Gasteiger partial charge in [-0.1, -0.05) is 18.2 Å². The van der Waals surface area contributed by atoms with E-state index in [0.29, 0.717) is 0 Å². The predicted octanol–water partition coefficient (Wildman–Crippen LogP) is 3.78. The van der Waals surface area contributed by atoms with E-state index in [2.05, 4.69) is 56.0 Å². The molecule has 1 aromatic heterocycles. The molecule has 0 amide bonds. The van der Waals surface area contributed by atoms with E-state index in [4.69, 9.17) is 4.74 Å². The Hall–Kier alpha value is -2.12. The van der Waals surface area contributed by atoms with E-state index in [0.717, 1.165) is 62.8 Å². The van der Waals surface area contributed by atoms with E-state index in [-0.39, 0.29) is 6.04 Å². The van der Waals surface area contributed by atoms with Gasteiger partial charge in [-0.25, -0.2) is 4.98 Å². The first-order chi connectivity index (χ1) is 14.7. The molecule has 0 bridgehead atoms. The van der Waals surface area contributed by atoms with Crippen LogP contribution in [0.1, 0.15) is 48.0 Å². The summed E-state index contributed by atoms with van der Waals surface area (Å²) in [6.07, 6.45) is 5.81. The van der Waals surface area contributed by atoms with E-state index < -0.39 is 0 Å². The molecule has 1 aliphatic heterocycles. The van der Waals surface area contributed by atoms with Gasteiger partial charge < -0.3 is 15.4 Å². The third-order valence-corrected chi connectivity index (χ3v) is 6.57. The highest BCUT2D eigenvalue weighted by Crippen LogP contribution is 2.31. The van der Waals surface area contributed by atoms with Crippen molar-refractivity contribution in [3.63, 3.8) is 0 Å². The molecule has 30 heavy (non-hydrogen) atoms. The summed E-state index contributed by atoms with van der Waals surface area (Å²) < 4.78 is 5.64. The molecule has 1 atom stereocenters. The summed E-state index contributed by atoms with van der Waals surface area (Å²) in [5, 5.41) is 10.4. The van der Waals surface area contributed by atoms with Crippen molar-refractivity contribution in [1.29, 1.82) is 0 Å². The number of hydrogen-bond donors (Lipinski definition) is 2. The minimum absolute atomic E-state index is 0.273. The number of guanidine groups is 1. The maximum atomic E-state index is 5.64. The Morgan fingerprint density at radius 1 is 1.23 bits per heavy atom. The number of likely N-dealkylation sites (tertiary alicyclic amines) is 1. The minimum atomic E-state index is 0.273. The number of benzene rings is 1. The van der Waals surface area contributed by atoms with Crippen LogP contribution in [0.4, 0.5) is 0 Å². The number of nitrogens with one attached hydrogen (secondary N) is 2. The average Bonchev–Trinajstić information content (AvgIpc) is 3.44. The maximum absolute atomic E-state index is 5.64. The molecule has 2 aromatic rings. The van der Waals surface area contributed by atoms with E-state index in [1.165, 1.54) is 23.4 Å². The number of methoxy groups -OCH3 is 1. The van der Waals surface area contributed by atoms with Crippen LogP contribution in [0.15, 0.2) is 34.6 Å². The first-order valence-corrected chi connectivity index (χ1v) is 11.8. The second kappa shape index (κ2) is 11.9. The molecule has 1 saturated heterocycles. The lowest BCUT2D eigenvalue weighted by atomic mass is 10.0. The Labute approximate surface area is 184 Å². The van der Waals surface area contributed by atoms with Crippen LogP contribution in [-0.4, -0.2) is 56.2 Å². The van der Waals surface area contributed by atoms with Crippen LogP contribution in [0.2, 0.25) is 0 Å². The average molecular weight is 430 g/mol. The third-order valence-electron chi connectivity index (χ3n) is 5.54. The highest BCUT2D eigenvalue weighted by molar-refractivity contribution is 7.09. The summed E-state index contributed by atoms with van der Waals surface area (Å²) in [6, 6.07) is 8.63. The van der Waals surface area contributed by atoms with Gasteiger partial charge in [-0.05, 0) is 58.2 Å². The van der Waals surface area contributed by atoms with E-state index >= 15 is 0 Å². The molecule has 6 nitrogen and oxygen atoms in total. The van der Waals surface area contributed by atoms with Crippen molar-refractivity contribution in [2.24, 2.45) is 4.99 Å². The number of ether oxygens (including phenoxy) is 1. The lowest BCUT2D eigenvalue weighted by Gasteiger charge is -2.30. The molecule has 1 fully saturated rings. The number of thiazole rings is 1. The molecular weight excluding hydrogens is 394 g/mol. The predicted molar refractivity (Wildman–Crippen MR) is 126 cm³/mol. The number of unbranched alkanes of at least 4 members (excludes halogenated alkanes) is 1. The van der Waals surface area contributed by atoms with Gasteiger partial charge in [-0.2, -0.15) is 0 Å². The SMILES string of the molecule is CN=C(NCCCCc1nc(C)cs1)NCC(c1ccccc1OC)N1CCCC1. The first-order valence-electron chi connectivity index (χ1n) is 10.9. The summed E-state index contributed by atoms with van der Waals surface area (Å²) in [5.74, 6) is 1.82. The van der Waals surface area contributed by atoms with Crippen molar-refractivity contribution in [3.8, 4) is 5.75 Å². The second-order valence-corrected chi connectivity index (χ2v) is 8.66. The van der Waals surface area contributed by atoms with Crippen molar-refractivity contribution in [2.75, 3.05) is 40.3 Å². The zero-order valence-corrected chi connectivity index (χ0v) is 19.3. The van der Waals surface area contributed by atoms with Gasteiger partial charge >= 0.3 is 0 Å². The smallest absolute Gasteiger partial charge is 0.191 e. The lowest BCUT2D eigenvalue weighted by molar-refractivity contribution is 0.239. The summed E-state index contributed by atoms with van der Waals surface area (Å²) in [6.45, 7) is 6.03. The van der Waals surface area contributed by atoms with E-state index in [9.17, 15) is 0 Å². The molecule has 7 heteroatoms. The van der Waals surface area contributed by atoms with Gasteiger partial charge in [-0.3, -0.25) is 9.89 Å². The number of nitrogens with zero attached hydrogens (tertiary/aromatic N) is 3. The largest absolute Gasteiger partial charge is 0.496 e. The van der Waals surface area contributed by atoms with Gasteiger partial charge in [0.15, 0.2) is 5.96 Å². The van der Waals surface area contributed by atoms with Crippen LogP contribution in [0, 0.1) is 6.92 Å². The van der Waals surface area contributed by atoms with Crippen molar-refractivity contribution < 1.29 is 4.74 Å². The van der Waals surface area contributed by atoms with Gasteiger partial charge in [0.2, 0.25) is 0 Å². The fourth-order valence-electron chi connectivity index (χ4n) is 3.97. The monoisotopic (exact) mass is 429 g/mol. The van der Waals surface area contributed by atoms with Crippen molar-refractivity contribution in [2.45, 2.75) is 45.1 Å². The molecule has 0 radical (unpaired) electrons. The Morgan fingerprint density at radius 3 is 2.73 bits per heavy atom. The van der Waals surface area contributed by atoms with Gasteiger partial charge in [0.25, 0.3) is 0 Å². The number of hydrogen-bond acceptors (Lipinski definition) is 5. The Kier molecular flexibility index (Phi) is 8.96. The highest BCUT2D eigenvalue weighted by Gasteiger charge is 2.25. The molecule has 3 rings (SSSR count). The van der Waals surface area contributed by atoms with Gasteiger partial charge in [-0.15, -0.1) is 11.3 Å². The molecule has 2 N–H and O–H groups in total. The van der Waals surface area contributed by atoms with Gasteiger partial charge in [0.05, 0.1) is 18.2 Å². The van der Waals surface area contributed by atoms with Crippen LogP contribution >= 0.6 is 11.3 Å². The first kappa shape index (κ1) is 22.6. The minimum Gasteiger partial charge on any atom is -0.496 e. The van der Waals surface area contributed by atoms with Gasteiger partial charge in [0.1, 0.15) is 5.75 Å². The van der Waals surface area contributed by atoms with Crippen LogP contribution in [0.5, 0.6) is 5.75 Å². The number of aliphatic imine (C=N–C) groups is 1. The normalized spacial score (nSPS) is 15.9. The molecule has 164 valence electrons. The number of para-hydroxylation sites is 1. The van der Waals surface area contributed by atoms with Crippen LogP contribution in [-0.2, 0) is 6.42 Å². The molecule has 1 aromatic carbocycles. The van der Waals surface area contributed by atoms with Crippen molar-refractivity contribution in [1.82, 2.24) is 20.5 Å². The molecular formula is C23H35N5OS. The summed E-state index contributed by atoms with van der Waals surface area (Å²) >= 11 is 1.76. The zero-order valence-electron chi connectivity index (χ0n) is 18.5. The summed E-state index contributed by atoms with van der Waals surface area (Å²) in [4.78, 5) is 11.5. The summed E-state index contributed by atoms with van der Waals surface area (Å²) in [5.41, 5.74) is 2.36. The van der Waals surface area contributed by atoms with Crippen LogP contribution in [0.3, 0.4) is 0 Å². The molecule has 0 spiro atoms. The van der Waals surface area contributed by atoms with Crippen LogP contribution < -0.4 is 15.4 Å². The van der Waals surface area contributed by atoms with E-state index in [1.807, 2.05) is 13.1 Å². The Balaban J connectivity index is 1.49.